The van der Waals surface area contributed by atoms with Crippen LogP contribution in [-0.2, 0) is 11.3 Å². The standard InChI is InChI=1S/C19H27N3O3/c1-15-18(20-19(25-15)16-6-4-3-5-7-16)14-21(2)12-17(23)13-22-8-10-24-11-9-22/h3-7,17,23H,8-14H2,1-2H3. The van der Waals surface area contributed by atoms with Crippen LogP contribution in [-0.4, -0.2) is 72.4 Å². The zero-order valence-corrected chi connectivity index (χ0v) is 15.0. The van der Waals surface area contributed by atoms with Gasteiger partial charge in [0.25, 0.3) is 0 Å². The topological polar surface area (TPSA) is 62.0 Å². The molecule has 1 aliphatic rings. The molecule has 2 aromatic rings. The van der Waals surface area contributed by atoms with Crippen molar-refractivity contribution in [1.82, 2.24) is 14.8 Å². The summed E-state index contributed by atoms with van der Waals surface area (Å²) < 4.78 is 11.1. The molecule has 1 fully saturated rings. The minimum absolute atomic E-state index is 0.385. The highest BCUT2D eigenvalue weighted by Crippen LogP contribution is 2.22. The largest absolute Gasteiger partial charge is 0.441 e. The average molecular weight is 345 g/mol. The molecule has 0 aliphatic carbocycles. The van der Waals surface area contributed by atoms with Crippen molar-refractivity contribution in [3.05, 3.63) is 41.8 Å². The molecule has 3 rings (SSSR count). The summed E-state index contributed by atoms with van der Waals surface area (Å²) in [5, 5.41) is 10.3. The highest BCUT2D eigenvalue weighted by Gasteiger charge is 2.18. The zero-order chi connectivity index (χ0) is 17.6. The second-order valence-corrected chi connectivity index (χ2v) is 6.65. The Kier molecular flexibility index (Phi) is 6.20. The first-order valence-electron chi connectivity index (χ1n) is 8.80. The summed E-state index contributed by atoms with van der Waals surface area (Å²) in [4.78, 5) is 8.96. The lowest BCUT2D eigenvalue weighted by Gasteiger charge is -2.29. The first kappa shape index (κ1) is 18.1. The van der Waals surface area contributed by atoms with Crippen molar-refractivity contribution in [2.45, 2.75) is 19.6 Å². The Morgan fingerprint density at radius 1 is 1.24 bits per heavy atom. The normalized spacial score (nSPS) is 17.1. The van der Waals surface area contributed by atoms with E-state index < -0.39 is 0 Å². The van der Waals surface area contributed by atoms with E-state index in [1.807, 2.05) is 44.3 Å². The van der Waals surface area contributed by atoms with E-state index >= 15 is 0 Å². The van der Waals surface area contributed by atoms with Gasteiger partial charge >= 0.3 is 0 Å². The van der Waals surface area contributed by atoms with Crippen LogP contribution in [0.2, 0.25) is 0 Å². The van der Waals surface area contributed by atoms with Gasteiger partial charge in [0.2, 0.25) is 5.89 Å². The Labute approximate surface area is 149 Å². The summed E-state index contributed by atoms with van der Waals surface area (Å²) in [6.45, 7) is 7.17. The summed E-state index contributed by atoms with van der Waals surface area (Å²) >= 11 is 0. The maximum Gasteiger partial charge on any atom is 0.226 e. The van der Waals surface area contributed by atoms with Crippen molar-refractivity contribution in [3.8, 4) is 11.5 Å². The number of aromatic nitrogens is 1. The third-order valence-corrected chi connectivity index (χ3v) is 4.43. The van der Waals surface area contributed by atoms with Gasteiger partial charge in [-0.25, -0.2) is 4.98 Å². The number of hydrogen-bond donors (Lipinski definition) is 1. The fourth-order valence-corrected chi connectivity index (χ4v) is 3.10. The lowest BCUT2D eigenvalue weighted by Crippen LogP contribution is -2.44. The number of nitrogens with zero attached hydrogens (tertiary/aromatic N) is 3. The van der Waals surface area contributed by atoms with Gasteiger partial charge in [-0.1, -0.05) is 18.2 Å². The maximum absolute atomic E-state index is 10.3. The molecule has 0 radical (unpaired) electrons. The molecule has 1 atom stereocenters. The smallest absolute Gasteiger partial charge is 0.226 e. The maximum atomic E-state index is 10.3. The lowest BCUT2D eigenvalue weighted by molar-refractivity contribution is 0.00817. The number of rotatable bonds is 7. The predicted molar refractivity (Wildman–Crippen MR) is 96.3 cm³/mol. The molecule has 6 heteroatoms. The SMILES string of the molecule is Cc1oc(-c2ccccc2)nc1CN(C)CC(O)CN1CCOCC1. The molecule has 25 heavy (non-hydrogen) atoms. The van der Waals surface area contributed by atoms with Gasteiger partial charge in [-0.2, -0.15) is 0 Å². The van der Waals surface area contributed by atoms with Crippen LogP contribution in [0.1, 0.15) is 11.5 Å². The number of aliphatic hydroxyl groups excluding tert-OH is 1. The summed E-state index contributed by atoms with van der Waals surface area (Å²) in [5.74, 6) is 1.48. The summed E-state index contributed by atoms with van der Waals surface area (Å²) in [5.41, 5.74) is 1.90. The van der Waals surface area contributed by atoms with Gasteiger partial charge in [0.1, 0.15) is 5.76 Å². The van der Waals surface area contributed by atoms with E-state index in [2.05, 4.69) is 14.8 Å². The molecule has 1 aromatic heterocycles. The van der Waals surface area contributed by atoms with Gasteiger partial charge in [-0.05, 0) is 26.1 Å². The van der Waals surface area contributed by atoms with Crippen LogP contribution in [0.5, 0.6) is 0 Å². The molecule has 1 aliphatic heterocycles. The van der Waals surface area contributed by atoms with Gasteiger partial charge in [0, 0.05) is 38.3 Å². The fourth-order valence-electron chi connectivity index (χ4n) is 3.10. The Bertz CT molecular complexity index is 653. The molecule has 1 N–H and O–H groups in total. The van der Waals surface area contributed by atoms with Crippen molar-refractivity contribution in [2.24, 2.45) is 0 Å². The number of hydrogen-bond acceptors (Lipinski definition) is 6. The van der Waals surface area contributed by atoms with Gasteiger partial charge in [0.05, 0.1) is 25.0 Å². The van der Waals surface area contributed by atoms with Gasteiger partial charge in [-0.3, -0.25) is 9.80 Å². The van der Waals surface area contributed by atoms with Crippen molar-refractivity contribution in [3.63, 3.8) is 0 Å². The van der Waals surface area contributed by atoms with Crippen molar-refractivity contribution in [1.29, 1.82) is 0 Å². The average Bonchev–Trinajstić information content (AvgIpc) is 2.97. The third kappa shape index (κ3) is 5.12. The number of ether oxygens (including phenoxy) is 1. The van der Waals surface area contributed by atoms with E-state index in [1.54, 1.807) is 0 Å². The van der Waals surface area contributed by atoms with Crippen molar-refractivity contribution in [2.75, 3.05) is 46.4 Å². The molecule has 1 aromatic carbocycles. The van der Waals surface area contributed by atoms with Crippen molar-refractivity contribution >= 4 is 0 Å². The molecular formula is C19H27N3O3. The Morgan fingerprint density at radius 3 is 2.68 bits per heavy atom. The number of benzene rings is 1. The van der Waals surface area contributed by atoms with Crippen LogP contribution in [0.15, 0.2) is 34.7 Å². The first-order chi connectivity index (χ1) is 12.1. The van der Waals surface area contributed by atoms with E-state index in [0.29, 0.717) is 25.5 Å². The zero-order valence-electron chi connectivity index (χ0n) is 15.0. The number of likely N-dealkylation sites (N-methyl/N-ethyl adjacent to an activating group) is 1. The molecule has 1 unspecified atom stereocenters. The lowest BCUT2D eigenvalue weighted by atomic mass is 10.2. The van der Waals surface area contributed by atoms with Crippen LogP contribution < -0.4 is 0 Å². The third-order valence-electron chi connectivity index (χ3n) is 4.43. The Morgan fingerprint density at radius 2 is 1.96 bits per heavy atom. The van der Waals surface area contributed by atoms with Crippen LogP contribution in [0.25, 0.3) is 11.5 Å². The summed E-state index contributed by atoms with van der Waals surface area (Å²) in [7, 11) is 2.00. The molecule has 1 saturated heterocycles. The van der Waals surface area contributed by atoms with Crippen LogP contribution >= 0.6 is 0 Å². The molecule has 6 nitrogen and oxygen atoms in total. The predicted octanol–water partition coefficient (Wildman–Crippen LogP) is 1.77. The highest BCUT2D eigenvalue weighted by molar-refractivity contribution is 5.53. The van der Waals surface area contributed by atoms with Crippen molar-refractivity contribution < 1.29 is 14.3 Å². The molecule has 0 bridgehead atoms. The highest BCUT2D eigenvalue weighted by atomic mass is 16.5. The number of oxazole rings is 1. The summed E-state index contributed by atoms with van der Waals surface area (Å²) in [6, 6.07) is 9.91. The molecule has 0 saturated carbocycles. The van der Waals surface area contributed by atoms with Gasteiger partial charge < -0.3 is 14.3 Å². The van der Waals surface area contributed by atoms with E-state index in [-0.39, 0.29) is 6.10 Å². The second kappa shape index (κ2) is 8.58. The first-order valence-corrected chi connectivity index (χ1v) is 8.80. The van der Waals surface area contributed by atoms with Crippen LogP contribution in [0, 0.1) is 6.92 Å². The number of aliphatic hydroxyl groups is 1. The number of morpholine rings is 1. The number of β-amino-alcohol motifs (C(OH)–C–C–N with tert-alkyl or cyclic N) is 1. The molecular weight excluding hydrogens is 318 g/mol. The Hall–Kier alpha value is -1.73. The van der Waals surface area contributed by atoms with E-state index in [9.17, 15) is 5.11 Å². The Balaban J connectivity index is 1.54. The number of aryl methyl sites for hydroxylation is 1. The fraction of sp³-hybridized carbons (Fsp3) is 0.526. The van der Waals surface area contributed by atoms with Crippen LogP contribution in [0.4, 0.5) is 0 Å². The summed E-state index contributed by atoms with van der Waals surface area (Å²) in [6.07, 6.45) is -0.385. The van der Waals surface area contributed by atoms with E-state index in [0.717, 1.165) is 43.3 Å². The van der Waals surface area contributed by atoms with E-state index in [1.165, 1.54) is 0 Å². The minimum atomic E-state index is -0.385. The quantitative estimate of drug-likeness (QED) is 0.825. The molecule has 0 amide bonds. The minimum Gasteiger partial charge on any atom is -0.441 e. The van der Waals surface area contributed by atoms with Crippen LogP contribution in [0.3, 0.4) is 0 Å². The second-order valence-electron chi connectivity index (χ2n) is 6.65. The van der Waals surface area contributed by atoms with Gasteiger partial charge in [-0.15, -0.1) is 0 Å². The van der Waals surface area contributed by atoms with E-state index in [4.69, 9.17) is 9.15 Å². The molecule has 0 spiro atoms. The van der Waals surface area contributed by atoms with Gasteiger partial charge in [0.15, 0.2) is 0 Å². The molecule has 2 heterocycles. The monoisotopic (exact) mass is 345 g/mol. The molecule has 136 valence electrons.